The van der Waals surface area contributed by atoms with Gasteiger partial charge in [0, 0.05) is 18.2 Å². The van der Waals surface area contributed by atoms with Crippen LogP contribution in [0.1, 0.15) is 30.5 Å². The Balaban J connectivity index is 1.87. The summed E-state index contributed by atoms with van der Waals surface area (Å²) in [5.41, 5.74) is 1.88. The molecular weight excluding hydrogens is 376 g/mol. The smallest absolute Gasteiger partial charge is 0.268 e. The Bertz CT molecular complexity index is 1160. The van der Waals surface area contributed by atoms with Crippen molar-refractivity contribution in [2.75, 3.05) is 0 Å². The molecule has 28 heavy (non-hydrogen) atoms. The van der Waals surface area contributed by atoms with E-state index in [2.05, 4.69) is 0 Å². The number of hydrogen-bond acceptors (Lipinski definition) is 4. The molecule has 0 bridgehead atoms. The zero-order valence-electron chi connectivity index (χ0n) is 15.5. The van der Waals surface area contributed by atoms with Crippen LogP contribution >= 0.6 is 0 Å². The molecule has 6 nitrogen and oxygen atoms in total. The van der Waals surface area contributed by atoms with Gasteiger partial charge < -0.3 is 0 Å². The van der Waals surface area contributed by atoms with Crippen molar-refractivity contribution in [1.29, 1.82) is 0 Å². The zero-order chi connectivity index (χ0) is 19.9. The summed E-state index contributed by atoms with van der Waals surface area (Å²) < 4.78 is 28.1. The van der Waals surface area contributed by atoms with Gasteiger partial charge in [-0.15, -0.1) is 0 Å². The predicted octanol–water partition coefficient (Wildman–Crippen LogP) is 3.23. The summed E-state index contributed by atoms with van der Waals surface area (Å²) in [6.07, 6.45) is 1.15. The summed E-state index contributed by atoms with van der Waals surface area (Å²) in [7, 11) is -3.89. The molecule has 7 heteroatoms. The van der Waals surface area contributed by atoms with Crippen molar-refractivity contribution in [2.24, 2.45) is 0 Å². The molecule has 2 amide bonds. The van der Waals surface area contributed by atoms with E-state index < -0.39 is 10.0 Å². The Kier molecular flexibility index (Phi) is 4.55. The van der Waals surface area contributed by atoms with Crippen molar-refractivity contribution in [3.63, 3.8) is 0 Å². The summed E-state index contributed by atoms with van der Waals surface area (Å²) in [5, 5.41) is 0.741. The fourth-order valence-electron chi connectivity index (χ4n) is 3.53. The number of hydrogen-bond donors (Lipinski definition) is 0. The highest BCUT2D eigenvalue weighted by atomic mass is 32.2. The maximum Gasteiger partial charge on any atom is 0.268 e. The minimum absolute atomic E-state index is 0.0581. The molecule has 0 saturated carbocycles. The minimum atomic E-state index is -3.89. The molecule has 0 spiro atoms. The molecule has 2 aromatic carbocycles. The van der Waals surface area contributed by atoms with E-state index in [1.807, 2.05) is 19.1 Å². The van der Waals surface area contributed by atoms with Crippen LogP contribution in [0.4, 0.5) is 0 Å². The normalized spacial score (nSPS) is 15.4. The molecule has 1 saturated heterocycles. The average molecular weight is 396 g/mol. The van der Waals surface area contributed by atoms with E-state index in [9.17, 15) is 18.0 Å². The number of carbonyl (C=O) groups is 2. The first-order valence-electron chi connectivity index (χ1n) is 9.13. The Morgan fingerprint density at radius 2 is 1.57 bits per heavy atom. The van der Waals surface area contributed by atoms with Crippen molar-refractivity contribution >= 4 is 32.7 Å². The van der Waals surface area contributed by atoms with Crippen LogP contribution < -0.4 is 0 Å². The van der Waals surface area contributed by atoms with Gasteiger partial charge in [-0.2, -0.15) is 0 Å². The van der Waals surface area contributed by atoms with Crippen molar-refractivity contribution < 1.29 is 18.0 Å². The average Bonchev–Trinajstić information content (AvgIpc) is 3.04. The van der Waals surface area contributed by atoms with E-state index in [4.69, 9.17) is 0 Å². The lowest BCUT2D eigenvalue weighted by Crippen LogP contribution is -2.40. The first-order valence-corrected chi connectivity index (χ1v) is 10.6. The molecule has 0 unspecified atom stereocenters. The molecule has 0 radical (unpaired) electrons. The third-order valence-electron chi connectivity index (χ3n) is 5.00. The van der Waals surface area contributed by atoms with E-state index >= 15 is 0 Å². The van der Waals surface area contributed by atoms with Gasteiger partial charge in [0.05, 0.1) is 22.7 Å². The number of imide groups is 1. The Morgan fingerprint density at radius 1 is 0.929 bits per heavy atom. The Labute approximate surface area is 163 Å². The van der Waals surface area contributed by atoms with Gasteiger partial charge in [0.15, 0.2) is 0 Å². The Hall–Kier alpha value is -2.93. The number of fused-ring (bicyclic) bond motifs is 1. The molecule has 3 aromatic rings. The highest BCUT2D eigenvalue weighted by Crippen LogP contribution is 2.28. The largest absolute Gasteiger partial charge is 0.277 e. The molecule has 144 valence electrons. The van der Waals surface area contributed by atoms with Crippen LogP contribution in [-0.4, -0.2) is 29.1 Å². The van der Waals surface area contributed by atoms with Crippen molar-refractivity contribution in [1.82, 2.24) is 8.87 Å². The van der Waals surface area contributed by atoms with Gasteiger partial charge >= 0.3 is 0 Å². The molecule has 1 fully saturated rings. The summed E-state index contributed by atoms with van der Waals surface area (Å²) >= 11 is 0. The summed E-state index contributed by atoms with van der Waals surface area (Å²) in [4.78, 5) is 25.8. The van der Waals surface area contributed by atoms with Gasteiger partial charge in [0.2, 0.25) is 11.8 Å². The van der Waals surface area contributed by atoms with Gasteiger partial charge in [-0.3, -0.25) is 14.5 Å². The number of amides is 2. The number of para-hydroxylation sites is 1. The second-order valence-electron chi connectivity index (χ2n) is 7.00. The maximum atomic E-state index is 13.4. The third kappa shape index (κ3) is 3.11. The lowest BCUT2D eigenvalue weighted by atomic mass is 10.1. The maximum absolute atomic E-state index is 13.4. The number of aryl methyl sites for hydroxylation is 1. The van der Waals surface area contributed by atoms with E-state index in [-0.39, 0.29) is 23.3 Å². The molecule has 4 rings (SSSR count). The van der Waals surface area contributed by atoms with Crippen LogP contribution in [0.15, 0.2) is 59.5 Å². The van der Waals surface area contributed by atoms with Crippen molar-refractivity contribution in [3.8, 4) is 0 Å². The second-order valence-corrected chi connectivity index (χ2v) is 8.79. The van der Waals surface area contributed by atoms with Crippen LogP contribution in [0.2, 0.25) is 0 Å². The monoisotopic (exact) mass is 396 g/mol. The van der Waals surface area contributed by atoms with Crippen molar-refractivity contribution in [2.45, 2.75) is 37.6 Å². The van der Waals surface area contributed by atoms with Crippen LogP contribution in [-0.2, 0) is 26.2 Å². The molecule has 0 atom stereocenters. The molecular formula is C21H20N2O4S. The van der Waals surface area contributed by atoms with Gasteiger partial charge in [-0.25, -0.2) is 12.4 Å². The molecule has 2 heterocycles. The van der Waals surface area contributed by atoms with Gasteiger partial charge in [0.1, 0.15) is 0 Å². The predicted molar refractivity (Wildman–Crippen MR) is 105 cm³/mol. The summed E-state index contributed by atoms with van der Waals surface area (Å²) in [6.45, 7) is 1.83. The highest BCUT2D eigenvalue weighted by Gasteiger charge is 2.29. The fourth-order valence-corrected chi connectivity index (χ4v) is 5.07. The van der Waals surface area contributed by atoms with Crippen LogP contribution in [0.25, 0.3) is 10.9 Å². The molecule has 1 aromatic heterocycles. The van der Waals surface area contributed by atoms with E-state index in [0.29, 0.717) is 30.5 Å². The zero-order valence-corrected chi connectivity index (χ0v) is 16.3. The number of piperidine rings is 1. The SMILES string of the molecule is Cc1ccc(S(=O)(=O)n2c(CN3C(=O)CCCC3=O)cc3ccccc32)cc1. The third-order valence-corrected chi connectivity index (χ3v) is 6.78. The van der Waals surface area contributed by atoms with E-state index in [1.54, 1.807) is 42.5 Å². The first-order chi connectivity index (χ1) is 13.4. The summed E-state index contributed by atoms with van der Waals surface area (Å²) in [6, 6.07) is 15.5. The number of nitrogens with zero attached hydrogens (tertiary/aromatic N) is 2. The Morgan fingerprint density at radius 3 is 2.25 bits per heavy atom. The minimum Gasteiger partial charge on any atom is -0.277 e. The molecule has 1 aliphatic heterocycles. The topological polar surface area (TPSA) is 76.5 Å². The van der Waals surface area contributed by atoms with Crippen LogP contribution in [0.5, 0.6) is 0 Å². The van der Waals surface area contributed by atoms with Crippen LogP contribution in [0.3, 0.4) is 0 Å². The number of benzene rings is 2. The fraction of sp³-hybridized carbons (Fsp3) is 0.238. The molecule has 0 aliphatic carbocycles. The first kappa shape index (κ1) is 18.4. The number of likely N-dealkylation sites (tertiary alicyclic amines) is 1. The number of rotatable bonds is 4. The summed E-state index contributed by atoms with van der Waals surface area (Å²) in [5.74, 6) is -0.526. The van der Waals surface area contributed by atoms with E-state index in [1.165, 1.54) is 8.87 Å². The van der Waals surface area contributed by atoms with Crippen LogP contribution in [0, 0.1) is 6.92 Å². The highest BCUT2D eigenvalue weighted by molar-refractivity contribution is 7.90. The lowest BCUT2D eigenvalue weighted by molar-refractivity contribution is -0.148. The lowest BCUT2D eigenvalue weighted by Gasteiger charge is -2.25. The van der Waals surface area contributed by atoms with Crippen molar-refractivity contribution in [3.05, 3.63) is 65.9 Å². The molecule has 1 aliphatic rings. The van der Waals surface area contributed by atoms with E-state index in [0.717, 1.165) is 10.9 Å². The molecule has 0 N–H and O–H groups in total. The quantitative estimate of drug-likeness (QED) is 0.635. The standard InChI is InChI=1S/C21H20N2O4S/c1-15-9-11-18(12-10-15)28(26,27)23-17(13-16-5-2-3-6-19(16)23)14-22-20(24)7-4-8-21(22)25/h2-3,5-6,9-13H,4,7-8,14H2,1H3. The van der Waals surface area contributed by atoms with Gasteiger partial charge in [0.25, 0.3) is 10.0 Å². The number of aromatic nitrogens is 1. The van der Waals surface area contributed by atoms with Gasteiger partial charge in [-0.05, 0) is 37.6 Å². The number of carbonyl (C=O) groups excluding carboxylic acids is 2. The second kappa shape index (κ2) is 6.91. The van der Waals surface area contributed by atoms with Gasteiger partial charge in [-0.1, -0.05) is 35.9 Å².